The predicted molar refractivity (Wildman–Crippen MR) is 124 cm³/mol. The van der Waals surface area contributed by atoms with Gasteiger partial charge in [-0.2, -0.15) is 5.10 Å². The highest BCUT2D eigenvalue weighted by Gasteiger charge is 2.33. The maximum absolute atomic E-state index is 13.0. The normalized spacial score (nSPS) is 10.5. The van der Waals surface area contributed by atoms with Crippen LogP contribution in [0, 0.1) is 12.3 Å². The SMILES string of the molecule is C#CCOc1ccc2ccccc2c1-c1nn(-c2ccccc2)c(C(=O)OC)c1C(=O)OC. The van der Waals surface area contributed by atoms with E-state index in [1.165, 1.54) is 18.9 Å². The third-order valence-electron chi connectivity index (χ3n) is 5.09. The van der Waals surface area contributed by atoms with Gasteiger partial charge in [0, 0.05) is 0 Å². The summed E-state index contributed by atoms with van der Waals surface area (Å²) in [5, 5.41) is 6.35. The molecule has 7 nitrogen and oxygen atoms in total. The molecule has 3 aromatic carbocycles. The molecule has 0 atom stereocenters. The van der Waals surface area contributed by atoms with Gasteiger partial charge in [0.15, 0.2) is 5.69 Å². The maximum atomic E-state index is 13.0. The monoisotopic (exact) mass is 440 g/mol. The van der Waals surface area contributed by atoms with Crippen LogP contribution in [0.2, 0.25) is 0 Å². The van der Waals surface area contributed by atoms with E-state index < -0.39 is 11.9 Å². The van der Waals surface area contributed by atoms with Crippen molar-refractivity contribution >= 4 is 22.7 Å². The van der Waals surface area contributed by atoms with Gasteiger partial charge in [-0.05, 0) is 29.0 Å². The molecular formula is C26H20N2O5. The Bertz CT molecular complexity index is 1380. The summed E-state index contributed by atoms with van der Waals surface area (Å²) >= 11 is 0. The lowest BCUT2D eigenvalue weighted by Crippen LogP contribution is -2.15. The quantitative estimate of drug-likeness (QED) is 0.329. The zero-order valence-electron chi connectivity index (χ0n) is 18.1. The average Bonchev–Trinajstić information content (AvgIpc) is 3.26. The van der Waals surface area contributed by atoms with E-state index in [1.54, 1.807) is 30.3 Å². The molecule has 0 spiro atoms. The van der Waals surface area contributed by atoms with E-state index in [1.807, 2.05) is 36.4 Å². The molecule has 0 radical (unpaired) electrons. The smallest absolute Gasteiger partial charge is 0.357 e. The Morgan fingerprint density at radius 3 is 2.33 bits per heavy atom. The van der Waals surface area contributed by atoms with Crippen LogP contribution in [-0.2, 0) is 9.47 Å². The van der Waals surface area contributed by atoms with Crippen molar-refractivity contribution in [2.75, 3.05) is 20.8 Å². The molecule has 7 heteroatoms. The van der Waals surface area contributed by atoms with Crippen molar-refractivity contribution < 1.29 is 23.8 Å². The average molecular weight is 440 g/mol. The number of para-hydroxylation sites is 1. The Morgan fingerprint density at radius 2 is 1.64 bits per heavy atom. The van der Waals surface area contributed by atoms with E-state index in [0.717, 1.165) is 10.8 Å². The van der Waals surface area contributed by atoms with Crippen LogP contribution in [0.3, 0.4) is 0 Å². The number of esters is 2. The first-order valence-electron chi connectivity index (χ1n) is 10.0. The van der Waals surface area contributed by atoms with Crippen LogP contribution in [0.25, 0.3) is 27.7 Å². The highest BCUT2D eigenvalue weighted by Crippen LogP contribution is 2.40. The van der Waals surface area contributed by atoms with E-state index in [4.69, 9.17) is 25.7 Å². The van der Waals surface area contributed by atoms with Crippen molar-refractivity contribution in [1.29, 1.82) is 0 Å². The number of carbonyl (C=O) groups excluding carboxylic acids is 2. The molecule has 0 N–H and O–H groups in total. The minimum atomic E-state index is -0.733. The van der Waals surface area contributed by atoms with Gasteiger partial charge in [0.1, 0.15) is 23.6 Å². The number of fused-ring (bicyclic) bond motifs is 1. The summed E-state index contributed by atoms with van der Waals surface area (Å²) in [5.74, 6) is 1.40. The summed E-state index contributed by atoms with van der Waals surface area (Å²) in [6, 6.07) is 20.2. The first-order chi connectivity index (χ1) is 16.1. The molecule has 0 bridgehead atoms. The number of hydrogen-bond donors (Lipinski definition) is 0. The molecule has 0 aliphatic carbocycles. The first kappa shape index (κ1) is 21.7. The molecule has 33 heavy (non-hydrogen) atoms. The van der Waals surface area contributed by atoms with Gasteiger partial charge in [-0.3, -0.25) is 0 Å². The van der Waals surface area contributed by atoms with Crippen molar-refractivity contribution in [1.82, 2.24) is 9.78 Å². The Kier molecular flexibility index (Phi) is 6.09. The minimum Gasteiger partial charge on any atom is -0.480 e. The summed E-state index contributed by atoms with van der Waals surface area (Å²) in [6.07, 6.45) is 5.41. The Balaban J connectivity index is 2.14. The number of ether oxygens (including phenoxy) is 3. The third kappa shape index (κ3) is 3.90. The van der Waals surface area contributed by atoms with Crippen molar-refractivity contribution in [3.05, 3.63) is 78.0 Å². The molecule has 0 amide bonds. The summed E-state index contributed by atoms with van der Waals surface area (Å²) in [5.41, 5.74) is 1.22. The van der Waals surface area contributed by atoms with E-state index in [9.17, 15) is 9.59 Å². The second-order valence-corrected chi connectivity index (χ2v) is 6.96. The largest absolute Gasteiger partial charge is 0.480 e. The standard InChI is InChI=1S/C26H20N2O5/c1-4-16-33-20-15-14-17-10-8-9-13-19(17)21(20)23-22(25(29)31-2)24(26(30)32-3)28(27-23)18-11-6-5-7-12-18/h1,5-15H,16H2,2-3H3. The fourth-order valence-corrected chi connectivity index (χ4v) is 3.67. The number of benzene rings is 3. The number of hydrogen-bond acceptors (Lipinski definition) is 6. The van der Waals surface area contributed by atoms with Gasteiger partial charge in [0.25, 0.3) is 0 Å². The molecule has 0 saturated heterocycles. The van der Waals surface area contributed by atoms with Crippen LogP contribution in [0.1, 0.15) is 20.8 Å². The first-order valence-corrected chi connectivity index (χ1v) is 10.0. The number of terminal acetylenes is 1. The van der Waals surface area contributed by atoms with Gasteiger partial charge in [-0.1, -0.05) is 54.5 Å². The molecule has 0 aliphatic rings. The number of carbonyl (C=O) groups is 2. The Labute approximate surface area is 190 Å². The predicted octanol–water partition coefficient (Wildman–Crippen LogP) is 4.28. The van der Waals surface area contributed by atoms with Crippen molar-refractivity contribution in [3.8, 4) is 35.0 Å². The maximum Gasteiger partial charge on any atom is 0.357 e. The lowest BCUT2D eigenvalue weighted by Gasteiger charge is -2.12. The minimum absolute atomic E-state index is 0.0160. The number of nitrogens with zero attached hydrogens (tertiary/aromatic N) is 2. The van der Waals surface area contributed by atoms with Crippen LogP contribution in [0.15, 0.2) is 66.7 Å². The molecule has 0 unspecified atom stereocenters. The molecule has 164 valence electrons. The summed E-state index contributed by atoms with van der Waals surface area (Å²) in [6.45, 7) is 0.0160. The number of rotatable bonds is 6. The molecular weight excluding hydrogens is 420 g/mol. The van der Waals surface area contributed by atoms with Crippen molar-refractivity contribution in [3.63, 3.8) is 0 Å². The summed E-state index contributed by atoms with van der Waals surface area (Å²) < 4.78 is 17.2. The zero-order chi connectivity index (χ0) is 23.4. The van der Waals surface area contributed by atoms with Gasteiger partial charge in [-0.15, -0.1) is 6.42 Å². The van der Waals surface area contributed by atoms with E-state index >= 15 is 0 Å². The van der Waals surface area contributed by atoms with Crippen molar-refractivity contribution in [2.45, 2.75) is 0 Å². The van der Waals surface area contributed by atoms with Crippen LogP contribution >= 0.6 is 0 Å². The van der Waals surface area contributed by atoms with Crippen LogP contribution in [0.5, 0.6) is 5.75 Å². The molecule has 0 fully saturated rings. The summed E-state index contributed by atoms with van der Waals surface area (Å²) in [4.78, 5) is 25.9. The van der Waals surface area contributed by atoms with Gasteiger partial charge in [-0.25, -0.2) is 14.3 Å². The van der Waals surface area contributed by atoms with Gasteiger partial charge < -0.3 is 14.2 Å². The van der Waals surface area contributed by atoms with Crippen LogP contribution in [0.4, 0.5) is 0 Å². The third-order valence-corrected chi connectivity index (χ3v) is 5.09. The van der Waals surface area contributed by atoms with Crippen LogP contribution in [-0.4, -0.2) is 42.5 Å². The topological polar surface area (TPSA) is 79.7 Å². The molecule has 0 saturated carbocycles. The number of aromatic nitrogens is 2. The highest BCUT2D eigenvalue weighted by atomic mass is 16.5. The summed E-state index contributed by atoms with van der Waals surface area (Å²) in [7, 11) is 2.48. The number of methoxy groups -OCH3 is 2. The Hall–Kier alpha value is -4.57. The zero-order valence-corrected chi connectivity index (χ0v) is 18.1. The Morgan fingerprint density at radius 1 is 0.939 bits per heavy atom. The molecule has 0 aliphatic heterocycles. The highest BCUT2D eigenvalue weighted by molar-refractivity contribution is 6.10. The van der Waals surface area contributed by atoms with Gasteiger partial charge >= 0.3 is 11.9 Å². The van der Waals surface area contributed by atoms with Crippen molar-refractivity contribution in [2.24, 2.45) is 0 Å². The lowest BCUT2D eigenvalue weighted by atomic mass is 9.97. The van der Waals surface area contributed by atoms with Gasteiger partial charge in [0.2, 0.25) is 0 Å². The van der Waals surface area contributed by atoms with E-state index in [0.29, 0.717) is 17.0 Å². The van der Waals surface area contributed by atoms with E-state index in [2.05, 4.69) is 5.92 Å². The van der Waals surface area contributed by atoms with Gasteiger partial charge in [0.05, 0.1) is 25.5 Å². The van der Waals surface area contributed by atoms with Crippen LogP contribution < -0.4 is 4.74 Å². The molecule has 4 aromatic rings. The molecule has 4 rings (SSSR count). The second-order valence-electron chi connectivity index (χ2n) is 6.96. The fourth-order valence-electron chi connectivity index (χ4n) is 3.67. The van der Waals surface area contributed by atoms with E-state index in [-0.39, 0.29) is 23.6 Å². The lowest BCUT2D eigenvalue weighted by molar-refractivity contribution is 0.0549. The second kappa shape index (κ2) is 9.28. The molecule has 1 aromatic heterocycles. The fraction of sp³-hybridized carbons (Fsp3) is 0.115. The molecule has 1 heterocycles.